The molecule has 0 aromatic heterocycles. The maximum absolute atomic E-state index is 9.23. The maximum Gasteiger partial charge on any atom is 0.304 e. The van der Waals surface area contributed by atoms with Gasteiger partial charge < -0.3 is 5.02 Å². The monoisotopic (exact) mass is 248 g/mol. The Morgan fingerprint density at radius 2 is 1.68 bits per heavy atom. The van der Waals surface area contributed by atoms with E-state index in [-0.39, 0.29) is 7.48 Å². The largest absolute Gasteiger partial charge is 0.449 e. The first-order valence-electron chi connectivity index (χ1n) is 6.77. The predicted molar refractivity (Wildman–Crippen MR) is 82.7 cm³/mol. The highest BCUT2D eigenvalue weighted by Crippen LogP contribution is 2.36. The summed E-state index contributed by atoms with van der Waals surface area (Å²) in [5.74, 6) is 0. The van der Waals surface area contributed by atoms with Gasteiger partial charge in [0.25, 0.3) is 0 Å². The number of hydrogen-bond acceptors (Lipinski definition) is 1. The highest BCUT2D eigenvalue weighted by molar-refractivity contribution is 6.45. The van der Waals surface area contributed by atoms with Gasteiger partial charge in [0.05, 0.1) is 0 Å². The number of benzene rings is 2. The molecule has 1 fully saturated rings. The van der Waals surface area contributed by atoms with E-state index in [2.05, 4.69) is 43.3 Å². The van der Waals surface area contributed by atoms with E-state index in [1.54, 1.807) is 5.57 Å². The van der Waals surface area contributed by atoms with E-state index in [9.17, 15) is 5.02 Å². The van der Waals surface area contributed by atoms with Crippen LogP contribution < -0.4 is 5.46 Å². The molecule has 0 bridgehead atoms. The fourth-order valence-corrected chi connectivity index (χ4v) is 2.42. The first-order chi connectivity index (χ1) is 9.28. The lowest BCUT2D eigenvalue weighted by atomic mass is 9.86. The minimum atomic E-state index is 0.0939. The number of hydrogen-bond donors (Lipinski definition) is 1. The highest BCUT2D eigenvalue weighted by Gasteiger charge is 2.15. The van der Waals surface area contributed by atoms with Gasteiger partial charge in [0.1, 0.15) is 0 Å². The molecule has 1 aliphatic rings. The van der Waals surface area contributed by atoms with Crippen LogP contribution >= 0.6 is 0 Å². The third kappa shape index (κ3) is 2.64. The average molecular weight is 248 g/mol. The van der Waals surface area contributed by atoms with Crippen molar-refractivity contribution in [1.29, 1.82) is 0 Å². The molecule has 0 unspecified atom stereocenters. The normalized spacial score (nSPS) is 13.3. The van der Waals surface area contributed by atoms with Gasteiger partial charge in [-0.25, -0.2) is 0 Å². The quantitative estimate of drug-likeness (QED) is 0.828. The van der Waals surface area contributed by atoms with Gasteiger partial charge in [-0.3, -0.25) is 0 Å². The molecule has 19 heavy (non-hydrogen) atoms. The van der Waals surface area contributed by atoms with Crippen molar-refractivity contribution in [3.63, 3.8) is 0 Å². The first-order valence-corrected chi connectivity index (χ1v) is 6.77. The lowest BCUT2D eigenvalue weighted by Crippen LogP contribution is -2.12. The molecule has 94 valence electrons. The minimum Gasteiger partial charge on any atom is -0.449 e. The molecule has 1 N–H and O–H groups in total. The van der Waals surface area contributed by atoms with Crippen LogP contribution in [-0.2, 0) is 0 Å². The third-order valence-corrected chi connectivity index (χ3v) is 3.77. The van der Waals surface area contributed by atoms with Crippen molar-refractivity contribution >= 4 is 18.5 Å². The topological polar surface area (TPSA) is 20.2 Å². The molecule has 1 aliphatic carbocycles. The van der Waals surface area contributed by atoms with Gasteiger partial charge in [-0.1, -0.05) is 53.5 Å². The van der Waals surface area contributed by atoms with E-state index in [1.807, 2.05) is 12.1 Å². The van der Waals surface area contributed by atoms with E-state index >= 15 is 0 Å². The van der Waals surface area contributed by atoms with Crippen LogP contribution in [0.4, 0.5) is 0 Å². The van der Waals surface area contributed by atoms with Gasteiger partial charge in [-0.15, -0.1) is 0 Å². The summed E-state index contributed by atoms with van der Waals surface area (Å²) in [4.78, 5) is 0. The Bertz CT molecular complexity index is 637. The molecule has 3 rings (SSSR count). The Kier molecular flexibility index (Phi) is 3.26. The van der Waals surface area contributed by atoms with Crippen LogP contribution in [-0.4, -0.2) is 12.5 Å². The SMILES string of the molecule is CC(=C1CC1)c1cccc(-c2cccc(BO)c2)c1. The summed E-state index contributed by atoms with van der Waals surface area (Å²) < 4.78 is 0. The molecule has 0 radical (unpaired) electrons. The fourth-order valence-electron chi connectivity index (χ4n) is 2.42. The number of allylic oxidation sites excluding steroid dienone is 2. The van der Waals surface area contributed by atoms with E-state index < -0.39 is 0 Å². The van der Waals surface area contributed by atoms with Gasteiger partial charge in [0.2, 0.25) is 0 Å². The molecule has 2 aromatic rings. The van der Waals surface area contributed by atoms with Crippen molar-refractivity contribution in [3.05, 3.63) is 59.7 Å². The first kappa shape index (κ1) is 12.2. The molecule has 0 heterocycles. The Balaban J connectivity index is 2.01. The zero-order chi connectivity index (χ0) is 13.2. The Morgan fingerprint density at radius 1 is 1.00 bits per heavy atom. The van der Waals surface area contributed by atoms with E-state index in [4.69, 9.17) is 0 Å². The molecule has 0 spiro atoms. The standard InChI is InChI=1S/C17H17BO/c1-12(13-8-9-13)14-4-2-5-15(10-14)16-6-3-7-17(11-16)18-19/h2-7,10-11,18-19H,8-9H2,1H3. The van der Waals surface area contributed by atoms with E-state index in [0.717, 1.165) is 5.46 Å². The second-order valence-electron chi connectivity index (χ2n) is 5.17. The average Bonchev–Trinajstić information content (AvgIpc) is 3.31. The van der Waals surface area contributed by atoms with Gasteiger partial charge in [0.15, 0.2) is 0 Å². The van der Waals surface area contributed by atoms with Gasteiger partial charge in [-0.2, -0.15) is 0 Å². The van der Waals surface area contributed by atoms with Gasteiger partial charge >= 0.3 is 7.48 Å². The summed E-state index contributed by atoms with van der Waals surface area (Å²) in [6.07, 6.45) is 2.52. The zero-order valence-corrected chi connectivity index (χ0v) is 11.2. The lowest BCUT2D eigenvalue weighted by molar-refractivity contribution is 0.615. The van der Waals surface area contributed by atoms with Gasteiger partial charge in [-0.05, 0) is 48.1 Å². The van der Waals surface area contributed by atoms with Crippen molar-refractivity contribution < 1.29 is 5.02 Å². The fraction of sp³-hybridized carbons (Fsp3) is 0.176. The van der Waals surface area contributed by atoms with Crippen molar-refractivity contribution in [3.8, 4) is 11.1 Å². The second kappa shape index (κ2) is 5.06. The summed E-state index contributed by atoms with van der Waals surface area (Å²) in [6.45, 7) is 2.21. The predicted octanol–water partition coefficient (Wildman–Crippen LogP) is 2.89. The zero-order valence-electron chi connectivity index (χ0n) is 11.2. The summed E-state index contributed by atoms with van der Waals surface area (Å²) in [6, 6.07) is 16.8. The molecule has 0 amide bonds. The molecular weight excluding hydrogens is 231 g/mol. The van der Waals surface area contributed by atoms with Crippen LogP contribution in [0.1, 0.15) is 25.3 Å². The third-order valence-electron chi connectivity index (χ3n) is 3.77. The molecule has 0 atom stereocenters. The Morgan fingerprint density at radius 3 is 2.37 bits per heavy atom. The molecule has 1 nitrogen and oxygen atoms in total. The van der Waals surface area contributed by atoms with Crippen molar-refractivity contribution in [2.75, 3.05) is 0 Å². The van der Waals surface area contributed by atoms with Crippen LogP contribution in [0.15, 0.2) is 54.1 Å². The highest BCUT2D eigenvalue weighted by atomic mass is 16.2. The Labute approximate surface area is 114 Å². The van der Waals surface area contributed by atoms with Crippen LogP contribution in [0.5, 0.6) is 0 Å². The van der Waals surface area contributed by atoms with Crippen LogP contribution in [0, 0.1) is 0 Å². The molecule has 0 saturated heterocycles. The minimum absolute atomic E-state index is 0.0939. The molecule has 0 aliphatic heterocycles. The van der Waals surface area contributed by atoms with Crippen LogP contribution in [0.25, 0.3) is 16.7 Å². The molecular formula is C17H17BO. The summed E-state index contributed by atoms with van der Waals surface area (Å²) in [5, 5.41) is 9.23. The summed E-state index contributed by atoms with van der Waals surface area (Å²) >= 11 is 0. The molecule has 2 heteroatoms. The van der Waals surface area contributed by atoms with Crippen molar-refractivity contribution in [2.24, 2.45) is 0 Å². The van der Waals surface area contributed by atoms with Crippen molar-refractivity contribution in [1.82, 2.24) is 0 Å². The second-order valence-corrected chi connectivity index (χ2v) is 5.17. The molecule has 2 aromatic carbocycles. The van der Waals surface area contributed by atoms with E-state index in [0.29, 0.717) is 0 Å². The maximum atomic E-state index is 9.23. The summed E-state index contributed by atoms with van der Waals surface area (Å²) in [5.41, 5.74) is 7.68. The van der Waals surface area contributed by atoms with Crippen molar-refractivity contribution in [2.45, 2.75) is 19.8 Å². The van der Waals surface area contributed by atoms with Gasteiger partial charge in [0, 0.05) is 0 Å². The van der Waals surface area contributed by atoms with Crippen LogP contribution in [0.2, 0.25) is 0 Å². The lowest BCUT2D eigenvalue weighted by Gasteiger charge is -2.07. The number of rotatable bonds is 3. The summed E-state index contributed by atoms with van der Waals surface area (Å²) in [7, 11) is 0.0939. The Hall–Kier alpha value is -1.80. The molecule has 1 saturated carbocycles. The van der Waals surface area contributed by atoms with E-state index in [1.165, 1.54) is 35.1 Å². The van der Waals surface area contributed by atoms with Crippen LogP contribution in [0.3, 0.4) is 0 Å². The smallest absolute Gasteiger partial charge is 0.304 e.